The Hall–Kier alpha value is -2.73. The van der Waals surface area contributed by atoms with E-state index in [1.54, 1.807) is 19.2 Å². The summed E-state index contributed by atoms with van der Waals surface area (Å²) in [6, 6.07) is 11.0. The Kier molecular flexibility index (Phi) is 7.49. The van der Waals surface area contributed by atoms with Crippen molar-refractivity contribution in [1.82, 2.24) is 5.32 Å². The zero-order valence-corrected chi connectivity index (χ0v) is 16.4. The molecule has 0 aliphatic rings. The van der Waals surface area contributed by atoms with Crippen LogP contribution in [0.3, 0.4) is 0 Å². The zero-order valence-electron chi connectivity index (χ0n) is 15.6. The average Bonchev–Trinajstić information content (AvgIpc) is 2.64. The molecule has 0 aliphatic carbocycles. The fourth-order valence-corrected chi connectivity index (χ4v) is 2.66. The van der Waals surface area contributed by atoms with Crippen LogP contribution in [0.5, 0.6) is 11.5 Å². The lowest BCUT2D eigenvalue weighted by Crippen LogP contribution is -2.29. The van der Waals surface area contributed by atoms with Crippen LogP contribution in [0.1, 0.15) is 17.5 Å². The van der Waals surface area contributed by atoms with Gasteiger partial charge >= 0.3 is 0 Å². The SMILES string of the molecule is COc1cccc(CCNC(=O)CC(=O)Nc2cc(C)c(Cl)cc2OC)c1. The number of rotatable bonds is 8. The van der Waals surface area contributed by atoms with E-state index in [0.29, 0.717) is 29.4 Å². The Morgan fingerprint density at radius 2 is 1.85 bits per heavy atom. The number of methoxy groups -OCH3 is 2. The molecule has 0 aliphatic heterocycles. The highest BCUT2D eigenvalue weighted by Crippen LogP contribution is 2.30. The van der Waals surface area contributed by atoms with E-state index in [0.717, 1.165) is 16.9 Å². The number of carbonyl (C=O) groups is 2. The van der Waals surface area contributed by atoms with Gasteiger partial charge < -0.3 is 20.1 Å². The highest BCUT2D eigenvalue weighted by atomic mass is 35.5. The van der Waals surface area contributed by atoms with Crippen LogP contribution in [-0.4, -0.2) is 32.6 Å². The van der Waals surface area contributed by atoms with Gasteiger partial charge in [-0.05, 0) is 42.7 Å². The van der Waals surface area contributed by atoms with Crippen molar-refractivity contribution in [2.75, 3.05) is 26.1 Å². The molecule has 2 amide bonds. The second-order valence-corrected chi connectivity index (χ2v) is 6.39. The summed E-state index contributed by atoms with van der Waals surface area (Å²) in [4.78, 5) is 24.1. The predicted octanol–water partition coefficient (Wildman–Crippen LogP) is 3.35. The normalized spacial score (nSPS) is 10.2. The Labute approximate surface area is 163 Å². The van der Waals surface area contributed by atoms with Crippen molar-refractivity contribution in [3.05, 3.63) is 52.5 Å². The van der Waals surface area contributed by atoms with E-state index in [9.17, 15) is 9.59 Å². The van der Waals surface area contributed by atoms with Crippen LogP contribution >= 0.6 is 11.6 Å². The van der Waals surface area contributed by atoms with E-state index < -0.39 is 5.91 Å². The summed E-state index contributed by atoms with van der Waals surface area (Å²) < 4.78 is 10.4. The van der Waals surface area contributed by atoms with Gasteiger partial charge in [0, 0.05) is 17.6 Å². The second-order valence-electron chi connectivity index (χ2n) is 5.98. The molecule has 6 nitrogen and oxygen atoms in total. The Morgan fingerprint density at radius 3 is 2.56 bits per heavy atom. The fraction of sp³-hybridized carbons (Fsp3) is 0.300. The van der Waals surface area contributed by atoms with Gasteiger partial charge in [-0.25, -0.2) is 0 Å². The lowest BCUT2D eigenvalue weighted by molar-refractivity contribution is -0.126. The maximum Gasteiger partial charge on any atom is 0.233 e. The lowest BCUT2D eigenvalue weighted by atomic mass is 10.1. The smallest absolute Gasteiger partial charge is 0.233 e. The number of nitrogens with one attached hydrogen (secondary N) is 2. The number of amides is 2. The van der Waals surface area contributed by atoms with Crippen molar-refractivity contribution in [1.29, 1.82) is 0 Å². The predicted molar refractivity (Wildman–Crippen MR) is 106 cm³/mol. The van der Waals surface area contributed by atoms with Gasteiger partial charge in [-0.2, -0.15) is 0 Å². The largest absolute Gasteiger partial charge is 0.497 e. The first kappa shape index (κ1) is 20.6. The monoisotopic (exact) mass is 390 g/mol. The van der Waals surface area contributed by atoms with E-state index in [1.807, 2.05) is 31.2 Å². The first-order valence-corrected chi connectivity index (χ1v) is 8.84. The molecule has 0 atom stereocenters. The maximum atomic E-state index is 12.1. The minimum atomic E-state index is -0.422. The highest BCUT2D eigenvalue weighted by molar-refractivity contribution is 6.31. The van der Waals surface area contributed by atoms with Gasteiger partial charge in [-0.15, -0.1) is 0 Å². The molecule has 0 bridgehead atoms. The van der Waals surface area contributed by atoms with Crippen molar-refractivity contribution in [2.45, 2.75) is 19.8 Å². The van der Waals surface area contributed by atoms with Crippen LogP contribution in [0.4, 0.5) is 5.69 Å². The van der Waals surface area contributed by atoms with Gasteiger partial charge in [0.05, 0.1) is 19.9 Å². The summed E-state index contributed by atoms with van der Waals surface area (Å²) in [5.74, 6) is 0.441. The number of anilines is 1. The number of ether oxygens (including phenoxy) is 2. The summed E-state index contributed by atoms with van der Waals surface area (Å²) in [6.07, 6.45) is 0.373. The summed E-state index contributed by atoms with van der Waals surface area (Å²) >= 11 is 6.05. The van der Waals surface area contributed by atoms with Gasteiger partial charge in [-0.3, -0.25) is 9.59 Å². The standard InChI is InChI=1S/C20H23ClN2O4/c1-13-9-17(18(27-3)11-16(13)21)23-20(25)12-19(24)22-8-7-14-5-4-6-15(10-14)26-2/h4-6,9-11H,7-8,12H2,1-3H3,(H,22,24)(H,23,25). The number of aryl methyl sites for hydroxylation is 1. The molecule has 0 spiro atoms. The number of hydrogen-bond donors (Lipinski definition) is 2. The summed E-state index contributed by atoms with van der Waals surface area (Å²) in [5.41, 5.74) is 2.32. The topological polar surface area (TPSA) is 76.7 Å². The Morgan fingerprint density at radius 1 is 1.07 bits per heavy atom. The molecule has 2 rings (SSSR count). The minimum Gasteiger partial charge on any atom is -0.497 e. The van der Waals surface area contributed by atoms with E-state index in [1.165, 1.54) is 7.11 Å². The van der Waals surface area contributed by atoms with Crippen molar-refractivity contribution in [3.63, 3.8) is 0 Å². The lowest BCUT2D eigenvalue weighted by Gasteiger charge is -2.12. The van der Waals surface area contributed by atoms with Crippen LogP contribution in [-0.2, 0) is 16.0 Å². The van der Waals surface area contributed by atoms with Gasteiger partial charge in [-0.1, -0.05) is 23.7 Å². The molecular weight excluding hydrogens is 368 g/mol. The van der Waals surface area contributed by atoms with Crippen LogP contribution in [0, 0.1) is 6.92 Å². The molecule has 0 saturated carbocycles. The van der Waals surface area contributed by atoms with Crippen molar-refractivity contribution < 1.29 is 19.1 Å². The first-order valence-electron chi connectivity index (χ1n) is 8.46. The molecule has 144 valence electrons. The maximum absolute atomic E-state index is 12.1. The summed E-state index contributed by atoms with van der Waals surface area (Å²) in [7, 11) is 3.10. The van der Waals surface area contributed by atoms with E-state index >= 15 is 0 Å². The fourth-order valence-electron chi connectivity index (χ4n) is 2.51. The second kappa shape index (κ2) is 9.83. The molecule has 7 heteroatoms. The third kappa shape index (κ3) is 6.18. The third-order valence-electron chi connectivity index (χ3n) is 3.95. The molecule has 0 aromatic heterocycles. The first-order chi connectivity index (χ1) is 12.9. The van der Waals surface area contributed by atoms with Crippen LogP contribution in [0.2, 0.25) is 5.02 Å². The number of hydrogen-bond acceptors (Lipinski definition) is 4. The van der Waals surface area contributed by atoms with E-state index in [-0.39, 0.29) is 12.3 Å². The molecule has 2 N–H and O–H groups in total. The van der Waals surface area contributed by atoms with Crippen molar-refractivity contribution in [2.24, 2.45) is 0 Å². The summed E-state index contributed by atoms with van der Waals surface area (Å²) in [5, 5.41) is 5.97. The molecule has 0 unspecified atom stereocenters. The molecule has 2 aromatic carbocycles. The molecule has 0 radical (unpaired) electrons. The minimum absolute atomic E-state index is 0.275. The molecular formula is C20H23ClN2O4. The Bertz CT molecular complexity index is 824. The third-order valence-corrected chi connectivity index (χ3v) is 4.35. The molecule has 27 heavy (non-hydrogen) atoms. The molecule has 0 fully saturated rings. The van der Waals surface area contributed by atoms with Crippen molar-refractivity contribution in [3.8, 4) is 11.5 Å². The quantitative estimate of drug-likeness (QED) is 0.677. The average molecular weight is 391 g/mol. The van der Waals surface area contributed by atoms with Gasteiger partial charge in [0.25, 0.3) is 0 Å². The number of halogens is 1. The van der Waals surface area contributed by atoms with Gasteiger partial charge in [0.2, 0.25) is 11.8 Å². The van der Waals surface area contributed by atoms with Crippen LogP contribution < -0.4 is 20.1 Å². The van der Waals surface area contributed by atoms with E-state index in [4.69, 9.17) is 21.1 Å². The van der Waals surface area contributed by atoms with E-state index in [2.05, 4.69) is 10.6 Å². The number of carbonyl (C=O) groups excluding carboxylic acids is 2. The van der Waals surface area contributed by atoms with Gasteiger partial charge in [0.1, 0.15) is 17.9 Å². The molecule has 2 aromatic rings. The van der Waals surface area contributed by atoms with Crippen LogP contribution in [0.25, 0.3) is 0 Å². The molecule has 0 heterocycles. The van der Waals surface area contributed by atoms with Crippen molar-refractivity contribution >= 4 is 29.1 Å². The van der Waals surface area contributed by atoms with Crippen LogP contribution in [0.15, 0.2) is 36.4 Å². The number of benzene rings is 2. The van der Waals surface area contributed by atoms with Gasteiger partial charge in [0.15, 0.2) is 0 Å². The zero-order chi connectivity index (χ0) is 19.8. The Balaban J connectivity index is 1.83. The molecule has 0 saturated heterocycles. The highest BCUT2D eigenvalue weighted by Gasteiger charge is 2.13. The summed E-state index contributed by atoms with van der Waals surface area (Å²) in [6.45, 7) is 2.26.